The summed E-state index contributed by atoms with van der Waals surface area (Å²) in [5, 5.41) is 7.89. The van der Waals surface area contributed by atoms with E-state index in [1.54, 1.807) is 12.1 Å². The van der Waals surface area contributed by atoms with Crippen LogP contribution in [0.4, 0.5) is 0 Å². The number of halogens is 1. The van der Waals surface area contributed by atoms with Crippen LogP contribution in [0, 0.1) is 5.41 Å². The van der Waals surface area contributed by atoms with Crippen LogP contribution < -0.4 is 4.74 Å². The van der Waals surface area contributed by atoms with Crippen molar-refractivity contribution in [2.75, 3.05) is 46.0 Å². The third kappa shape index (κ3) is 6.35. The van der Waals surface area contributed by atoms with Gasteiger partial charge in [0.05, 0.1) is 19.8 Å². The first-order chi connectivity index (χ1) is 16.7. The van der Waals surface area contributed by atoms with E-state index in [4.69, 9.17) is 21.1 Å². The molecule has 2 saturated heterocycles. The van der Waals surface area contributed by atoms with Gasteiger partial charge in [-0.3, -0.25) is 14.7 Å². The molecule has 0 bridgehead atoms. The smallest absolute Gasteiger partial charge is 0.274 e. The molecule has 8 nitrogen and oxygen atoms in total. The van der Waals surface area contributed by atoms with Crippen LogP contribution in [0.5, 0.6) is 5.75 Å². The predicted molar refractivity (Wildman–Crippen MR) is 134 cm³/mol. The Kier molecular flexibility index (Phi) is 7.71. The van der Waals surface area contributed by atoms with Gasteiger partial charge < -0.3 is 19.3 Å². The van der Waals surface area contributed by atoms with Gasteiger partial charge in [0, 0.05) is 54.1 Å². The first-order valence-electron chi connectivity index (χ1n) is 12.2. The minimum atomic E-state index is -0.505. The van der Waals surface area contributed by atoms with Crippen molar-refractivity contribution in [1.82, 2.24) is 20.0 Å². The molecule has 190 valence electrons. The molecule has 1 atom stereocenters. The van der Waals surface area contributed by atoms with E-state index < -0.39 is 5.41 Å². The van der Waals surface area contributed by atoms with Gasteiger partial charge >= 0.3 is 0 Å². The lowest BCUT2D eigenvalue weighted by Crippen LogP contribution is -2.52. The number of morpholine rings is 1. The van der Waals surface area contributed by atoms with Crippen LogP contribution in [0.1, 0.15) is 56.2 Å². The molecule has 0 unspecified atom stereocenters. The van der Waals surface area contributed by atoms with Crippen LogP contribution in [0.3, 0.4) is 0 Å². The summed E-state index contributed by atoms with van der Waals surface area (Å²) >= 11 is 6.14. The van der Waals surface area contributed by atoms with Crippen molar-refractivity contribution in [2.45, 2.75) is 45.4 Å². The zero-order valence-corrected chi connectivity index (χ0v) is 21.6. The number of ether oxygens (including phenoxy) is 2. The summed E-state index contributed by atoms with van der Waals surface area (Å²) < 4.78 is 11.6. The fraction of sp³-hybridized carbons (Fsp3) is 0.577. The Hall–Kier alpha value is -2.58. The summed E-state index contributed by atoms with van der Waals surface area (Å²) in [4.78, 5) is 30.4. The molecular formula is C26H35ClN4O4. The molecule has 0 aliphatic carbocycles. The zero-order valence-electron chi connectivity index (χ0n) is 20.8. The summed E-state index contributed by atoms with van der Waals surface area (Å²) in [5.41, 5.74) is 0.679. The van der Waals surface area contributed by atoms with Crippen molar-refractivity contribution in [3.8, 4) is 5.75 Å². The number of amides is 2. The van der Waals surface area contributed by atoms with E-state index in [0.717, 1.165) is 18.5 Å². The maximum Gasteiger partial charge on any atom is 0.274 e. The summed E-state index contributed by atoms with van der Waals surface area (Å²) in [7, 11) is 0. The lowest BCUT2D eigenvalue weighted by Gasteiger charge is -2.43. The van der Waals surface area contributed by atoms with Crippen LogP contribution in [0.25, 0.3) is 0 Å². The van der Waals surface area contributed by atoms with E-state index in [-0.39, 0.29) is 17.2 Å². The molecule has 0 saturated carbocycles. The third-order valence-electron chi connectivity index (χ3n) is 6.78. The van der Waals surface area contributed by atoms with Crippen molar-refractivity contribution in [2.24, 2.45) is 5.41 Å². The highest BCUT2D eigenvalue weighted by Crippen LogP contribution is 2.36. The molecule has 1 N–H and O–H groups in total. The number of nitrogens with one attached hydrogen (secondary N) is 1. The Morgan fingerprint density at radius 2 is 1.94 bits per heavy atom. The SMILES string of the molecule is CC(C)(C)c1cc(C(=O)N2CCC[C@@](COc3cccc(Cl)c3)(CC(=O)N3CCOCC3)C2)n[nH]1. The lowest BCUT2D eigenvalue weighted by atomic mass is 9.77. The number of nitrogens with zero attached hydrogens (tertiary/aromatic N) is 3. The van der Waals surface area contributed by atoms with Gasteiger partial charge in [0.1, 0.15) is 11.4 Å². The second-order valence-corrected chi connectivity index (χ2v) is 11.1. The molecular weight excluding hydrogens is 468 g/mol. The van der Waals surface area contributed by atoms with Gasteiger partial charge in [-0.25, -0.2) is 0 Å². The van der Waals surface area contributed by atoms with Crippen LogP contribution in [0.15, 0.2) is 30.3 Å². The molecule has 3 heterocycles. The summed E-state index contributed by atoms with van der Waals surface area (Å²) in [6.07, 6.45) is 1.89. The number of H-pyrrole nitrogens is 1. The van der Waals surface area contributed by atoms with E-state index in [1.807, 2.05) is 28.0 Å². The van der Waals surface area contributed by atoms with E-state index >= 15 is 0 Å². The van der Waals surface area contributed by atoms with Crippen LogP contribution in [-0.4, -0.2) is 77.8 Å². The highest BCUT2D eigenvalue weighted by molar-refractivity contribution is 6.30. The number of aromatic nitrogens is 2. The number of rotatable bonds is 6. The number of benzene rings is 1. The fourth-order valence-electron chi connectivity index (χ4n) is 4.71. The molecule has 4 rings (SSSR count). The molecule has 2 aliphatic heterocycles. The predicted octanol–water partition coefficient (Wildman–Crippen LogP) is 3.91. The zero-order chi connectivity index (χ0) is 25.1. The Morgan fingerprint density at radius 1 is 1.17 bits per heavy atom. The molecule has 2 amide bonds. The van der Waals surface area contributed by atoms with E-state index in [9.17, 15) is 9.59 Å². The molecule has 2 aliphatic rings. The van der Waals surface area contributed by atoms with Crippen molar-refractivity contribution in [3.63, 3.8) is 0 Å². The number of carbonyl (C=O) groups is 2. The average Bonchev–Trinajstić information content (AvgIpc) is 3.34. The van der Waals surface area contributed by atoms with E-state index in [1.165, 1.54) is 0 Å². The molecule has 0 spiro atoms. The first-order valence-corrected chi connectivity index (χ1v) is 12.6. The highest BCUT2D eigenvalue weighted by Gasteiger charge is 2.41. The third-order valence-corrected chi connectivity index (χ3v) is 7.02. The van der Waals surface area contributed by atoms with Gasteiger partial charge in [-0.1, -0.05) is 38.4 Å². The Labute approximate surface area is 211 Å². The second-order valence-electron chi connectivity index (χ2n) is 10.7. The first kappa shape index (κ1) is 25.5. The Morgan fingerprint density at radius 3 is 2.63 bits per heavy atom. The topological polar surface area (TPSA) is 87.8 Å². The van der Waals surface area contributed by atoms with Gasteiger partial charge in [0.2, 0.25) is 5.91 Å². The van der Waals surface area contributed by atoms with E-state index in [2.05, 4.69) is 31.0 Å². The molecule has 0 radical (unpaired) electrons. The quantitative estimate of drug-likeness (QED) is 0.647. The monoisotopic (exact) mass is 502 g/mol. The molecule has 1 aromatic carbocycles. The van der Waals surface area contributed by atoms with Gasteiger partial charge in [-0.15, -0.1) is 0 Å². The van der Waals surface area contributed by atoms with Crippen LogP contribution in [-0.2, 0) is 14.9 Å². The minimum Gasteiger partial charge on any atom is -0.493 e. The maximum absolute atomic E-state index is 13.4. The summed E-state index contributed by atoms with van der Waals surface area (Å²) in [6, 6.07) is 9.09. The lowest BCUT2D eigenvalue weighted by molar-refractivity contribution is -0.139. The van der Waals surface area contributed by atoms with Crippen molar-refractivity contribution in [3.05, 3.63) is 46.7 Å². The van der Waals surface area contributed by atoms with E-state index in [0.29, 0.717) is 68.9 Å². The molecule has 2 fully saturated rings. The molecule has 2 aromatic rings. The maximum atomic E-state index is 13.4. The number of carbonyl (C=O) groups excluding carboxylic acids is 2. The van der Waals surface area contributed by atoms with Crippen molar-refractivity contribution in [1.29, 1.82) is 0 Å². The van der Waals surface area contributed by atoms with Crippen LogP contribution >= 0.6 is 11.6 Å². The molecule has 35 heavy (non-hydrogen) atoms. The number of aromatic amines is 1. The van der Waals surface area contributed by atoms with Crippen molar-refractivity contribution < 1.29 is 19.1 Å². The number of hydrogen-bond donors (Lipinski definition) is 1. The number of piperidine rings is 1. The van der Waals surface area contributed by atoms with Gasteiger partial charge in [0.25, 0.3) is 5.91 Å². The Bertz CT molecular complexity index is 1040. The summed E-state index contributed by atoms with van der Waals surface area (Å²) in [5.74, 6) is 0.607. The van der Waals surface area contributed by atoms with Gasteiger partial charge in [0.15, 0.2) is 0 Å². The normalized spacial score (nSPS) is 21.1. The number of hydrogen-bond acceptors (Lipinski definition) is 5. The molecule has 9 heteroatoms. The molecule has 1 aromatic heterocycles. The summed E-state index contributed by atoms with van der Waals surface area (Å²) in [6.45, 7) is 9.89. The average molecular weight is 503 g/mol. The largest absolute Gasteiger partial charge is 0.493 e. The van der Waals surface area contributed by atoms with Gasteiger partial charge in [-0.05, 0) is 37.1 Å². The minimum absolute atomic E-state index is 0.0760. The Balaban J connectivity index is 1.53. The fourth-order valence-corrected chi connectivity index (χ4v) is 4.89. The highest BCUT2D eigenvalue weighted by atomic mass is 35.5. The van der Waals surface area contributed by atoms with Crippen molar-refractivity contribution >= 4 is 23.4 Å². The van der Waals surface area contributed by atoms with Gasteiger partial charge in [-0.2, -0.15) is 5.10 Å². The second kappa shape index (κ2) is 10.6. The standard InChI is InChI=1S/C26H35ClN4O4/c1-25(2,3)22-15-21(28-29-22)24(33)31-9-5-8-26(17-31,16-23(32)30-10-12-34-13-11-30)18-35-20-7-4-6-19(27)14-20/h4,6-7,14-15H,5,8-13,16-18H2,1-3H3,(H,28,29)/t26-/m1/s1. The number of likely N-dealkylation sites (tertiary alicyclic amines) is 1. The van der Waals surface area contributed by atoms with Crippen LogP contribution in [0.2, 0.25) is 5.02 Å².